The summed E-state index contributed by atoms with van der Waals surface area (Å²) in [4.78, 5) is 21.0. The first-order valence-corrected chi connectivity index (χ1v) is 3.93. The van der Waals surface area contributed by atoms with Gasteiger partial charge in [0.25, 0.3) is 0 Å². The lowest BCUT2D eigenvalue weighted by Crippen LogP contribution is -2.27. The van der Waals surface area contributed by atoms with Crippen LogP contribution in [0.15, 0.2) is 0 Å². The molecule has 1 fully saturated rings. The monoisotopic (exact) mass is 183 g/mol. The second kappa shape index (κ2) is 3.44. The standard InChI is InChI=1S/C8H9NO4/c9-5-8(3-1-6(10)11)4-2-7(12)13-8/h1-4H2,(H,10,11)/t8-/m1/s1. The smallest absolute Gasteiger partial charge is 0.307 e. The average molecular weight is 183 g/mol. The summed E-state index contributed by atoms with van der Waals surface area (Å²) in [5.74, 6) is -1.41. The first-order valence-electron chi connectivity index (χ1n) is 3.93. The number of carboxylic acids is 1. The van der Waals surface area contributed by atoms with Gasteiger partial charge in [-0.05, 0) is 0 Å². The van der Waals surface area contributed by atoms with E-state index < -0.39 is 17.5 Å². The number of cyclic esters (lactones) is 1. The third-order valence-corrected chi connectivity index (χ3v) is 1.99. The van der Waals surface area contributed by atoms with Crippen LogP contribution in [0.25, 0.3) is 0 Å². The summed E-state index contributed by atoms with van der Waals surface area (Å²) in [6.07, 6.45) is 0.425. The summed E-state index contributed by atoms with van der Waals surface area (Å²) in [6.45, 7) is 0. The lowest BCUT2D eigenvalue weighted by atomic mass is 9.96. The Morgan fingerprint density at radius 3 is 2.85 bits per heavy atom. The van der Waals surface area contributed by atoms with Crippen molar-refractivity contribution in [3.63, 3.8) is 0 Å². The van der Waals surface area contributed by atoms with Crippen molar-refractivity contribution in [2.75, 3.05) is 0 Å². The van der Waals surface area contributed by atoms with Crippen molar-refractivity contribution >= 4 is 11.9 Å². The highest BCUT2D eigenvalue weighted by Crippen LogP contribution is 2.30. The summed E-state index contributed by atoms with van der Waals surface area (Å²) < 4.78 is 4.79. The number of nitrogens with zero attached hydrogens (tertiary/aromatic N) is 1. The first kappa shape index (κ1) is 9.52. The Kier molecular flexibility index (Phi) is 2.52. The zero-order valence-corrected chi connectivity index (χ0v) is 6.95. The SMILES string of the molecule is N#C[C@@]1(CCC(=O)O)CCC(=O)O1. The summed E-state index contributed by atoms with van der Waals surface area (Å²) in [5.41, 5.74) is -1.19. The molecule has 5 heteroatoms. The van der Waals surface area contributed by atoms with E-state index in [4.69, 9.17) is 15.1 Å². The molecule has 0 aromatic heterocycles. The van der Waals surface area contributed by atoms with Gasteiger partial charge in [0.1, 0.15) is 6.07 Å². The van der Waals surface area contributed by atoms with Crippen molar-refractivity contribution < 1.29 is 19.4 Å². The van der Waals surface area contributed by atoms with Gasteiger partial charge in [-0.1, -0.05) is 0 Å². The van der Waals surface area contributed by atoms with Crippen molar-refractivity contribution in [3.05, 3.63) is 0 Å². The quantitative estimate of drug-likeness (QED) is 0.642. The van der Waals surface area contributed by atoms with Gasteiger partial charge in [-0.15, -0.1) is 0 Å². The molecule has 5 nitrogen and oxygen atoms in total. The molecule has 1 atom stereocenters. The molecule has 0 aromatic carbocycles. The Bertz CT molecular complexity index is 280. The maximum atomic E-state index is 10.7. The van der Waals surface area contributed by atoms with Crippen LogP contribution in [0.5, 0.6) is 0 Å². The van der Waals surface area contributed by atoms with Gasteiger partial charge in [-0.25, -0.2) is 0 Å². The van der Waals surface area contributed by atoms with E-state index in [2.05, 4.69) is 0 Å². The molecule has 0 radical (unpaired) electrons. The van der Waals surface area contributed by atoms with E-state index in [1.165, 1.54) is 0 Å². The normalized spacial score (nSPS) is 26.5. The number of carbonyl (C=O) groups is 2. The zero-order valence-electron chi connectivity index (χ0n) is 6.95. The molecular formula is C8H9NO4. The molecular weight excluding hydrogens is 174 g/mol. The van der Waals surface area contributed by atoms with Crippen molar-refractivity contribution in [2.24, 2.45) is 0 Å². The number of carbonyl (C=O) groups excluding carboxylic acids is 1. The Hall–Kier alpha value is -1.57. The van der Waals surface area contributed by atoms with Crippen LogP contribution in [0.2, 0.25) is 0 Å². The fourth-order valence-corrected chi connectivity index (χ4v) is 1.24. The Balaban J connectivity index is 2.57. The largest absolute Gasteiger partial charge is 0.481 e. The van der Waals surface area contributed by atoms with E-state index in [0.29, 0.717) is 6.42 Å². The molecule has 0 aromatic rings. The number of hydrogen-bond donors (Lipinski definition) is 1. The third-order valence-electron chi connectivity index (χ3n) is 1.99. The molecule has 13 heavy (non-hydrogen) atoms. The van der Waals surface area contributed by atoms with Crippen LogP contribution in [0.4, 0.5) is 0 Å². The number of carboxylic acid groups (broad SMARTS) is 1. The fourth-order valence-electron chi connectivity index (χ4n) is 1.24. The van der Waals surface area contributed by atoms with E-state index in [1.54, 1.807) is 0 Å². The van der Waals surface area contributed by atoms with Gasteiger partial charge in [0, 0.05) is 12.8 Å². The van der Waals surface area contributed by atoms with E-state index in [1.807, 2.05) is 6.07 Å². The van der Waals surface area contributed by atoms with E-state index in [9.17, 15) is 9.59 Å². The predicted octanol–water partition coefficient (Wildman–Crippen LogP) is 0.451. The molecule has 1 rings (SSSR count). The van der Waals surface area contributed by atoms with Crippen LogP contribution >= 0.6 is 0 Å². The van der Waals surface area contributed by atoms with Crippen molar-refractivity contribution in [1.29, 1.82) is 5.26 Å². The molecule has 1 heterocycles. The summed E-state index contributed by atoms with van der Waals surface area (Å²) in [7, 11) is 0. The number of hydrogen-bond acceptors (Lipinski definition) is 4. The van der Waals surface area contributed by atoms with Crippen LogP contribution in [-0.2, 0) is 14.3 Å². The molecule has 0 aliphatic carbocycles. The molecule has 1 saturated heterocycles. The van der Waals surface area contributed by atoms with Crippen molar-refractivity contribution in [1.82, 2.24) is 0 Å². The van der Waals surface area contributed by atoms with Gasteiger partial charge >= 0.3 is 11.9 Å². The van der Waals surface area contributed by atoms with E-state index >= 15 is 0 Å². The second-order valence-electron chi connectivity index (χ2n) is 2.97. The molecule has 0 spiro atoms. The highest BCUT2D eigenvalue weighted by molar-refractivity contribution is 5.73. The Morgan fingerprint density at radius 2 is 2.46 bits per heavy atom. The summed E-state index contributed by atoms with van der Waals surface area (Å²) >= 11 is 0. The molecule has 1 aliphatic rings. The van der Waals surface area contributed by atoms with Crippen LogP contribution in [0, 0.1) is 11.3 Å². The molecule has 1 N–H and O–H groups in total. The third kappa shape index (κ3) is 2.18. The summed E-state index contributed by atoms with van der Waals surface area (Å²) in [5, 5.41) is 17.1. The molecule has 0 saturated carbocycles. The minimum absolute atomic E-state index is 0.0740. The summed E-state index contributed by atoms with van der Waals surface area (Å²) in [6, 6.07) is 1.86. The van der Waals surface area contributed by atoms with Crippen molar-refractivity contribution in [3.8, 4) is 6.07 Å². The maximum absolute atomic E-state index is 10.7. The minimum Gasteiger partial charge on any atom is -0.481 e. The molecule has 70 valence electrons. The van der Waals surface area contributed by atoms with Gasteiger partial charge in [0.05, 0.1) is 12.8 Å². The number of aliphatic carboxylic acids is 1. The highest BCUT2D eigenvalue weighted by atomic mass is 16.6. The van der Waals surface area contributed by atoms with Gasteiger partial charge in [-0.2, -0.15) is 5.26 Å². The number of nitriles is 1. The number of esters is 1. The van der Waals surface area contributed by atoms with E-state index in [-0.39, 0.29) is 19.3 Å². The molecule has 0 amide bonds. The van der Waals surface area contributed by atoms with Crippen LogP contribution < -0.4 is 0 Å². The Morgan fingerprint density at radius 1 is 1.77 bits per heavy atom. The lowest BCUT2D eigenvalue weighted by Gasteiger charge is -2.17. The number of ether oxygens (including phenoxy) is 1. The van der Waals surface area contributed by atoms with Crippen LogP contribution in [0.3, 0.4) is 0 Å². The zero-order chi connectivity index (χ0) is 9.90. The van der Waals surface area contributed by atoms with Crippen molar-refractivity contribution in [2.45, 2.75) is 31.3 Å². The average Bonchev–Trinajstić information content (AvgIpc) is 2.45. The van der Waals surface area contributed by atoms with Gasteiger partial charge in [0.15, 0.2) is 5.60 Å². The van der Waals surface area contributed by atoms with E-state index in [0.717, 1.165) is 0 Å². The van der Waals surface area contributed by atoms with Gasteiger partial charge in [0.2, 0.25) is 0 Å². The lowest BCUT2D eigenvalue weighted by molar-refractivity contribution is -0.147. The predicted molar refractivity (Wildman–Crippen MR) is 40.5 cm³/mol. The topological polar surface area (TPSA) is 87.4 Å². The fraction of sp³-hybridized carbons (Fsp3) is 0.625. The number of rotatable bonds is 3. The minimum atomic E-state index is -1.19. The molecule has 0 bridgehead atoms. The first-order chi connectivity index (χ1) is 6.08. The molecule has 1 aliphatic heterocycles. The van der Waals surface area contributed by atoms with Crippen LogP contribution in [0.1, 0.15) is 25.7 Å². The molecule has 0 unspecified atom stereocenters. The van der Waals surface area contributed by atoms with Crippen LogP contribution in [-0.4, -0.2) is 22.6 Å². The highest BCUT2D eigenvalue weighted by Gasteiger charge is 2.40. The van der Waals surface area contributed by atoms with Gasteiger partial charge in [-0.3, -0.25) is 9.59 Å². The Labute approximate surface area is 74.9 Å². The van der Waals surface area contributed by atoms with Gasteiger partial charge < -0.3 is 9.84 Å². The second-order valence-corrected chi connectivity index (χ2v) is 2.97. The maximum Gasteiger partial charge on any atom is 0.307 e.